The van der Waals surface area contributed by atoms with E-state index in [2.05, 4.69) is 14.6 Å². The number of esters is 1. The van der Waals surface area contributed by atoms with Crippen molar-refractivity contribution in [3.8, 4) is 5.75 Å². The number of azo groups is 1. The minimum absolute atomic E-state index is 0.000504. The number of carbonyl (C=O) groups is 3. The van der Waals surface area contributed by atoms with Gasteiger partial charge >= 0.3 is 5.97 Å². The Morgan fingerprint density at radius 2 is 1.45 bits per heavy atom. The van der Waals surface area contributed by atoms with Gasteiger partial charge in [-0.05, 0) is 29.1 Å². The van der Waals surface area contributed by atoms with E-state index in [-0.39, 0.29) is 33.3 Å². The maximum atomic E-state index is 13.4. The predicted molar refractivity (Wildman–Crippen MR) is 143 cm³/mol. The molecule has 1 N–H and O–H groups in total. The molecule has 9 heteroatoms. The van der Waals surface area contributed by atoms with Gasteiger partial charge in [-0.2, -0.15) is 4.37 Å². The summed E-state index contributed by atoms with van der Waals surface area (Å²) < 4.78 is 8.72. The van der Waals surface area contributed by atoms with E-state index >= 15 is 0 Å². The Hall–Kier alpha value is -5.02. The number of ether oxygens (including phenoxy) is 1. The largest absolute Gasteiger partial charge is 0.505 e. The Balaban J connectivity index is 1.67. The fraction of sp³-hybridized carbons (Fsp3) is 0.0345. The zero-order valence-electron chi connectivity index (χ0n) is 20.0. The highest BCUT2D eigenvalue weighted by molar-refractivity contribution is 7.10. The van der Waals surface area contributed by atoms with Gasteiger partial charge in [0.1, 0.15) is 11.3 Å². The quantitative estimate of drug-likeness (QED) is 0.145. The number of hydrogen-bond acceptors (Lipinski definition) is 9. The summed E-state index contributed by atoms with van der Waals surface area (Å²) >= 11 is 0.931. The van der Waals surface area contributed by atoms with Crippen molar-refractivity contribution in [3.63, 3.8) is 0 Å². The summed E-state index contributed by atoms with van der Waals surface area (Å²) in [4.78, 5) is 38.5. The zero-order chi connectivity index (χ0) is 26.6. The number of hydrogen-bond donors (Lipinski definition) is 1. The lowest BCUT2D eigenvalue weighted by molar-refractivity contribution is 0.0601. The van der Waals surface area contributed by atoms with E-state index in [9.17, 15) is 19.5 Å². The topological polar surface area (TPSA) is 118 Å². The smallest absolute Gasteiger partial charge is 0.342 e. The normalized spacial score (nSPS) is 11.1. The Morgan fingerprint density at radius 1 is 0.789 bits per heavy atom. The maximum Gasteiger partial charge on any atom is 0.342 e. The average molecular weight is 522 g/mol. The number of aromatic hydroxyl groups is 1. The molecular weight excluding hydrogens is 502 g/mol. The molecule has 0 amide bonds. The molecule has 0 saturated heterocycles. The molecule has 0 saturated carbocycles. The number of rotatable bonds is 7. The Bertz CT molecular complexity index is 1710. The van der Waals surface area contributed by atoms with Crippen molar-refractivity contribution in [2.24, 2.45) is 10.2 Å². The number of aromatic nitrogens is 1. The van der Waals surface area contributed by atoms with Gasteiger partial charge in [-0.3, -0.25) is 9.59 Å². The third-order valence-electron chi connectivity index (χ3n) is 5.86. The monoisotopic (exact) mass is 521 g/mol. The number of ketones is 2. The molecule has 4 aromatic carbocycles. The van der Waals surface area contributed by atoms with E-state index in [0.29, 0.717) is 27.5 Å². The summed E-state index contributed by atoms with van der Waals surface area (Å²) in [5, 5.41) is 20.7. The van der Waals surface area contributed by atoms with Gasteiger partial charge in [-0.15, -0.1) is 10.2 Å². The summed E-state index contributed by atoms with van der Waals surface area (Å²) in [5.74, 6) is -1.61. The molecule has 0 spiro atoms. The molecule has 5 rings (SSSR count). The van der Waals surface area contributed by atoms with Crippen LogP contribution in [-0.2, 0) is 4.74 Å². The third kappa shape index (κ3) is 4.70. The van der Waals surface area contributed by atoms with Crippen molar-refractivity contribution in [3.05, 3.63) is 119 Å². The molecule has 0 unspecified atom stereocenters. The van der Waals surface area contributed by atoms with E-state index in [1.165, 1.54) is 19.4 Å². The van der Waals surface area contributed by atoms with E-state index in [1.807, 2.05) is 6.07 Å². The second-order valence-corrected chi connectivity index (χ2v) is 8.96. The summed E-state index contributed by atoms with van der Waals surface area (Å²) in [6.07, 6.45) is 1.32. The SMILES string of the molecule is COC(=O)c1cnsc1/N=N/c1c(O)c(C(=O)c2ccccc2)cc2cc(C(=O)c3ccccc3)ccc12. The fourth-order valence-electron chi connectivity index (χ4n) is 3.94. The van der Waals surface area contributed by atoms with Gasteiger partial charge in [0.2, 0.25) is 0 Å². The van der Waals surface area contributed by atoms with Crippen LogP contribution in [0.3, 0.4) is 0 Å². The molecule has 1 aromatic heterocycles. The first-order valence-electron chi connectivity index (χ1n) is 11.4. The van der Waals surface area contributed by atoms with Crippen LogP contribution in [0.25, 0.3) is 10.8 Å². The third-order valence-corrected chi connectivity index (χ3v) is 6.55. The Morgan fingerprint density at radius 3 is 2.11 bits per heavy atom. The first kappa shape index (κ1) is 24.7. The summed E-state index contributed by atoms with van der Waals surface area (Å²) in [6, 6.07) is 23.8. The van der Waals surface area contributed by atoms with E-state index in [4.69, 9.17) is 4.74 Å². The first-order valence-corrected chi connectivity index (χ1v) is 12.2. The van der Waals surface area contributed by atoms with Crippen molar-refractivity contribution in [2.45, 2.75) is 0 Å². The van der Waals surface area contributed by atoms with Crippen LogP contribution in [0.4, 0.5) is 10.7 Å². The lowest BCUT2D eigenvalue weighted by Gasteiger charge is -2.11. The molecule has 186 valence electrons. The molecule has 0 aliphatic carbocycles. The van der Waals surface area contributed by atoms with Crippen LogP contribution in [0.15, 0.2) is 101 Å². The molecule has 0 radical (unpaired) electrons. The molecule has 0 aliphatic heterocycles. The van der Waals surface area contributed by atoms with Crippen LogP contribution in [0, 0.1) is 0 Å². The number of phenols is 1. The van der Waals surface area contributed by atoms with Crippen LogP contribution in [0.2, 0.25) is 0 Å². The number of methoxy groups -OCH3 is 1. The Kier molecular flexibility index (Phi) is 6.84. The second kappa shape index (κ2) is 10.5. The van der Waals surface area contributed by atoms with Gasteiger partial charge in [0, 0.05) is 22.1 Å². The van der Waals surface area contributed by atoms with Gasteiger partial charge in [0.25, 0.3) is 0 Å². The summed E-state index contributed by atoms with van der Waals surface area (Å²) in [5.41, 5.74) is 1.44. The van der Waals surface area contributed by atoms with Gasteiger partial charge in [0.05, 0.1) is 18.9 Å². The van der Waals surface area contributed by atoms with Crippen molar-refractivity contribution < 1.29 is 24.2 Å². The minimum atomic E-state index is -0.626. The van der Waals surface area contributed by atoms with Gasteiger partial charge < -0.3 is 9.84 Å². The highest BCUT2D eigenvalue weighted by Crippen LogP contribution is 2.41. The van der Waals surface area contributed by atoms with Crippen LogP contribution in [0.5, 0.6) is 5.75 Å². The molecule has 5 aromatic rings. The maximum absolute atomic E-state index is 13.4. The van der Waals surface area contributed by atoms with Crippen molar-refractivity contribution in [1.29, 1.82) is 0 Å². The van der Waals surface area contributed by atoms with Crippen molar-refractivity contribution in [2.75, 3.05) is 7.11 Å². The first-order chi connectivity index (χ1) is 18.5. The highest BCUT2D eigenvalue weighted by atomic mass is 32.1. The predicted octanol–water partition coefficient (Wildman–Crippen LogP) is 6.67. The standard InChI is InChI=1S/C29H19N3O5S/c1-37-29(36)23-16-30-38-28(23)32-31-24-21-13-12-19(25(33)17-8-4-2-5-9-17)14-20(21)15-22(27(24)35)26(34)18-10-6-3-7-11-18/h2-16,35H,1H3/b32-31+. The zero-order valence-corrected chi connectivity index (χ0v) is 20.8. The van der Waals surface area contributed by atoms with E-state index < -0.39 is 11.8 Å². The van der Waals surface area contributed by atoms with Gasteiger partial charge in [-0.1, -0.05) is 72.8 Å². The van der Waals surface area contributed by atoms with E-state index in [1.54, 1.807) is 72.8 Å². The molecule has 38 heavy (non-hydrogen) atoms. The van der Waals surface area contributed by atoms with Crippen LogP contribution in [-0.4, -0.2) is 34.1 Å². The number of phenolic OH excluding ortho intramolecular Hbond substituents is 1. The van der Waals surface area contributed by atoms with Gasteiger partial charge in [-0.25, -0.2) is 4.79 Å². The molecule has 0 atom stereocenters. The summed E-state index contributed by atoms with van der Waals surface area (Å²) in [7, 11) is 1.24. The average Bonchev–Trinajstić information content (AvgIpc) is 3.44. The lowest BCUT2D eigenvalue weighted by Crippen LogP contribution is -2.03. The molecule has 0 bridgehead atoms. The van der Waals surface area contributed by atoms with Crippen LogP contribution in [0.1, 0.15) is 42.2 Å². The Labute approximate surface area is 221 Å². The highest BCUT2D eigenvalue weighted by Gasteiger charge is 2.21. The van der Waals surface area contributed by atoms with E-state index in [0.717, 1.165) is 11.5 Å². The molecule has 1 heterocycles. The van der Waals surface area contributed by atoms with Crippen LogP contribution < -0.4 is 0 Å². The number of fused-ring (bicyclic) bond motifs is 1. The van der Waals surface area contributed by atoms with Crippen molar-refractivity contribution in [1.82, 2.24) is 4.37 Å². The molecular formula is C29H19N3O5S. The molecule has 0 fully saturated rings. The van der Waals surface area contributed by atoms with Gasteiger partial charge in [0.15, 0.2) is 22.3 Å². The molecule has 0 aliphatic rings. The minimum Gasteiger partial charge on any atom is -0.505 e. The summed E-state index contributed by atoms with van der Waals surface area (Å²) in [6.45, 7) is 0. The fourth-order valence-corrected chi connectivity index (χ4v) is 4.51. The van der Waals surface area contributed by atoms with Crippen molar-refractivity contribution >= 4 is 50.5 Å². The lowest BCUT2D eigenvalue weighted by atomic mass is 9.94. The second-order valence-electron chi connectivity index (χ2n) is 8.18. The molecule has 8 nitrogen and oxygen atoms in total. The van der Waals surface area contributed by atoms with Crippen LogP contribution >= 0.6 is 11.5 Å². The number of nitrogens with zero attached hydrogens (tertiary/aromatic N) is 3. The number of benzene rings is 4. The number of carbonyl (C=O) groups excluding carboxylic acids is 3.